The second-order valence-corrected chi connectivity index (χ2v) is 6.97. The first-order valence-corrected chi connectivity index (χ1v) is 8.81. The third-order valence-electron chi connectivity index (χ3n) is 3.82. The number of carbonyl (C=O) groups excluding carboxylic acids is 1. The van der Waals surface area contributed by atoms with E-state index in [0.717, 1.165) is 5.56 Å². The normalized spacial score (nSPS) is 13.0. The van der Waals surface area contributed by atoms with Crippen molar-refractivity contribution >= 4 is 39.2 Å². The molecular formula is C18H18BrFN2O2S. The van der Waals surface area contributed by atoms with Gasteiger partial charge in [-0.05, 0) is 71.3 Å². The van der Waals surface area contributed by atoms with Crippen LogP contribution in [0.4, 0.5) is 4.39 Å². The highest BCUT2D eigenvalue weighted by Gasteiger charge is 2.28. The molecule has 0 aliphatic heterocycles. The Kier molecular flexibility index (Phi) is 6.64. The topological polar surface area (TPSA) is 61.4 Å². The largest absolute Gasteiger partial charge is 0.396 e. The van der Waals surface area contributed by atoms with Crippen molar-refractivity contribution < 1.29 is 14.3 Å². The van der Waals surface area contributed by atoms with E-state index in [-0.39, 0.29) is 23.4 Å². The van der Waals surface area contributed by atoms with E-state index in [0.29, 0.717) is 16.5 Å². The number of carbonyl (C=O) groups is 1. The van der Waals surface area contributed by atoms with Gasteiger partial charge in [0.15, 0.2) is 5.11 Å². The van der Waals surface area contributed by atoms with E-state index in [4.69, 9.17) is 12.2 Å². The number of aliphatic hydroxyl groups excluding tert-OH is 1. The maximum Gasteiger partial charge on any atom is 0.257 e. The average molecular weight is 425 g/mol. The van der Waals surface area contributed by atoms with Gasteiger partial charge in [-0.3, -0.25) is 10.1 Å². The lowest BCUT2D eigenvalue weighted by atomic mass is 9.89. The molecule has 2 aromatic rings. The Morgan fingerprint density at radius 1 is 1.28 bits per heavy atom. The van der Waals surface area contributed by atoms with E-state index >= 15 is 0 Å². The zero-order chi connectivity index (χ0) is 18.4. The molecule has 1 atom stereocenters. The van der Waals surface area contributed by atoms with Crippen LogP contribution in [0.5, 0.6) is 0 Å². The van der Waals surface area contributed by atoms with Gasteiger partial charge in [-0.1, -0.05) is 24.3 Å². The third kappa shape index (κ3) is 5.07. The van der Waals surface area contributed by atoms with Crippen LogP contribution >= 0.6 is 28.1 Å². The Bertz CT molecular complexity index is 773. The number of hydrogen-bond donors (Lipinski definition) is 3. The van der Waals surface area contributed by atoms with Crippen LogP contribution in [0.1, 0.15) is 29.3 Å². The molecule has 4 nitrogen and oxygen atoms in total. The lowest BCUT2D eigenvalue weighted by Gasteiger charge is -2.32. The SMILES string of the molecule is C[C@@](CCO)(NC(=S)NC(=O)c1ccccc1)c1ccc(F)c(Br)c1. The molecule has 0 fully saturated rings. The fourth-order valence-electron chi connectivity index (χ4n) is 2.39. The number of aliphatic hydroxyl groups is 1. The highest BCUT2D eigenvalue weighted by atomic mass is 79.9. The van der Waals surface area contributed by atoms with Crippen LogP contribution in [0.3, 0.4) is 0 Å². The molecule has 0 aliphatic rings. The van der Waals surface area contributed by atoms with Crippen LogP contribution in [0.2, 0.25) is 0 Å². The maximum absolute atomic E-state index is 13.5. The summed E-state index contributed by atoms with van der Waals surface area (Å²) in [4.78, 5) is 12.2. The molecule has 132 valence electrons. The molecule has 2 rings (SSSR count). The molecule has 0 saturated carbocycles. The van der Waals surface area contributed by atoms with E-state index in [2.05, 4.69) is 26.6 Å². The lowest BCUT2D eigenvalue weighted by Crippen LogP contribution is -2.50. The van der Waals surface area contributed by atoms with E-state index in [1.807, 2.05) is 13.0 Å². The van der Waals surface area contributed by atoms with Gasteiger partial charge in [0.25, 0.3) is 5.91 Å². The molecule has 2 aromatic carbocycles. The Morgan fingerprint density at radius 2 is 1.96 bits per heavy atom. The van der Waals surface area contributed by atoms with Crippen LogP contribution in [-0.4, -0.2) is 22.7 Å². The average Bonchev–Trinajstić information content (AvgIpc) is 2.58. The van der Waals surface area contributed by atoms with E-state index in [9.17, 15) is 14.3 Å². The Hall–Kier alpha value is -1.83. The quantitative estimate of drug-likeness (QED) is 0.642. The maximum atomic E-state index is 13.5. The highest BCUT2D eigenvalue weighted by molar-refractivity contribution is 9.10. The standard InChI is InChI=1S/C18H18BrFN2O2S/c1-18(9-10-23,13-7-8-15(20)14(19)11-13)22-17(25)21-16(24)12-5-3-2-4-6-12/h2-8,11,23H,9-10H2,1H3,(H2,21,22,24,25)/t18-/m0/s1. The summed E-state index contributed by atoms with van der Waals surface area (Å²) < 4.78 is 13.8. The van der Waals surface area contributed by atoms with Crippen molar-refractivity contribution in [1.82, 2.24) is 10.6 Å². The molecular weight excluding hydrogens is 407 g/mol. The monoisotopic (exact) mass is 424 g/mol. The number of halogens is 2. The van der Waals surface area contributed by atoms with Crippen molar-refractivity contribution in [2.75, 3.05) is 6.61 Å². The van der Waals surface area contributed by atoms with Gasteiger partial charge in [-0.2, -0.15) is 0 Å². The molecule has 0 heterocycles. The first-order valence-electron chi connectivity index (χ1n) is 7.60. The van der Waals surface area contributed by atoms with Gasteiger partial charge in [0.1, 0.15) is 5.82 Å². The Morgan fingerprint density at radius 3 is 2.56 bits per heavy atom. The predicted octanol–water partition coefficient (Wildman–Crippen LogP) is 3.49. The number of rotatable bonds is 5. The summed E-state index contributed by atoms with van der Waals surface area (Å²) in [6.45, 7) is 1.72. The van der Waals surface area contributed by atoms with Crippen molar-refractivity contribution in [2.45, 2.75) is 18.9 Å². The smallest absolute Gasteiger partial charge is 0.257 e. The number of thiocarbonyl (C=S) groups is 1. The minimum atomic E-state index is -0.772. The zero-order valence-electron chi connectivity index (χ0n) is 13.6. The van der Waals surface area contributed by atoms with Gasteiger partial charge >= 0.3 is 0 Å². The summed E-state index contributed by atoms with van der Waals surface area (Å²) in [6.07, 6.45) is 0.326. The fraction of sp³-hybridized carbons (Fsp3) is 0.222. The predicted molar refractivity (Wildman–Crippen MR) is 103 cm³/mol. The second-order valence-electron chi connectivity index (χ2n) is 5.71. The van der Waals surface area contributed by atoms with Crippen molar-refractivity contribution in [2.24, 2.45) is 0 Å². The minimum absolute atomic E-state index is 0.103. The number of amides is 1. The Labute approximate surface area is 159 Å². The van der Waals surface area contributed by atoms with Crippen LogP contribution in [0.25, 0.3) is 0 Å². The van der Waals surface area contributed by atoms with Crippen molar-refractivity contribution in [3.05, 3.63) is 69.9 Å². The molecule has 0 bridgehead atoms. The van der Waals surface area contributed by atoms with Crippen LogP contribution in [0.15, 0.2) is 53.0 Å². The second kappa shape index (κ2) is 8.51. The van der Waals surface area contributed by atoms with Gasteiger partial charge in [0, 0.05) is 12.2 Å². The van der Waals surface area contributed by atoms with Gasteiger partial charge < -0.3 is 10.4 Å². The van der Waals surface area contributed by atoms with Gasteiger partial charge in [0.2, 0.25) is 0 Å². The number of benzene rings is 2. The molecule has 0 unspecified atom stereocenters. The van der Waals surface area contributed by atoms with Crippen molar-refractivity contribution in [1.29, 1.82) is 0 Å². The summed E-state index contributed by atoms with van der Waals surface area (Å²) in [6, 6.07) is 13.3. The molecule has 7 heteroatoms. The van der Waals surface area contributed by atoms with Crippen LogP contribution < -0.4 is 10.6 Å². The number of nitrogens with one attached hydrogen (secondary N) is 2. The van der Waals surface area contributed by atoms with E-state index < -0.39 is 5.54 Å². The van der Waals surface area contributed by atoms with Crippen LogP contribution in [0, 0.1) is 5.82 Å². The first-order chi connectivity index (χ1) is 11.9. The summed E-state index contributed by atoms with van der Waals surface area (Å²) in [5, 5.41) is 15.2. The Balaban J connectivity index is 2.15. The molecule has 3 N–H and O–H groups in total. The zero-order valence-corrected chi connectivity index (χ0v) is 16.0. The molecule has 25 heavy (non-hydrogen) atoms. The van der Waals surface area contributed by atoms with Crippen LogP contribution in [-0.2, 0) is 5.54 Å². The highest BCUT2D eigenvalue weighted by Crippen LogP contribution is 2.28. The van der Waals surface area contributed by atoms with Gasteiger partial charge in [-0.15, -0.1) is 0 Å². The number of hydrogen-bond acceptors (Lipinski definition) is 3. The fourth-order valence-corrected chi connectivity index (χ4v) is 3.09. The van der Waals surface area contributed by atoms with E-state index in [1.165, 1.54) is 6.07 Å². The van der Waals surface area contributed by atoms with E-state index in [1.54, 1.807) is 36.4 Å². The minimum Gasteiger partial charge on any atom is -0.396 e. The van der Waals surface area contributed by atoms with Crippen molar-refractivity contribution in [3.8, 4) is 0 Å². The molecule has 0 aromatic heterocycles. The molecule has 1 amide bonds. The van der Waals surface area contributed by atoms with Crippen molar-refractivity contribution in [3.63, 3.8) is 0 Å². The van der Waals surface area contributed by atoms with Gasteiger partial charge in [0.05, 0.1) is 10.0 Å². The summed E-state index contributed by atoms with van der Waals surface area (Å²) >= 11 is 8.40. The molecule has 0 saturated heterocycles. The molecule has 0 aliphatic carbocycles. The lowest BCUT2D eigenvalue weighted by molar-refractivity contribution is 0.0976. The molecule has 0 spiro atoms. The summed E-state index contributed by atoms with van der Waals surface area (Å²) in [5.41, 5.74) is 0.442. The van der Waals surface area contributed by atoms with Gasteiger partial charge in [-0.25, -0.2) is 4.39 Å². The third-order valence-corrected chi connectivity index (χ3v) is 4.63. The molecule has 0 radical (unpaired) electrons. The first kappa shape index (κ1) is 19.5. The summed E-state index contributed by atoms with van der Waals surface area (Å²) in [7, 11) is 0. The summed E-state index contributed by atoms with van der Waals surface area (Å²) in [5.74, 6) is -0.709.